The highest BCUT2D eigenvalue weighted by atomic mass is 19.1. The Morgan fingerprint density at radius 3 is 2.86 bits per heavy atom. The van der Waals surface area contributed by atoms with Crippen LogP contribution in [0.25, 0.3) is 0 Å². The van der Waals surface area contributed by atoms with Gasteiger partial charge in [0.15, 0.2) is 0 Å². The predicted octanol–water partition coefficient (Wildman–Crippen LogP) is 2.31. The van der Waals surface area contributed by atoms with E-state index in [9.17, 15) is 14.0 Å². The van der Waals surface area contributed by atoms with Gasteiger partial charge in [-0.25, -0.2) is 4.39 Å². The number of nitrogens with zero attached hydrogens (tertiary/aromatic N) is 1. The molecule has 1 aliphatic heterocycles. The van der Waals surface area contributed by atoms with Gasteiger partial charge in [0.25, 0.3) is 0 Å². The minimum atomic E-state index is -0.864. The van der Waals surface area contributed by atoms with Gasteiger partial charge in [0.05, 0.1) is 12.0 Å². The number of aliphatic carboxylic acids is 1. The quantitative estimate of drug-likeness (QED) is 0.819. The number of rotatable bonds is 6. The van der Waals surface area contributed by atoms with E-state index in [4.69, 9.17) is 9.84 Å². The first-order valence-corrected chi connectivity index (χ1v) is 7.30. The first kappa shape index (κ1) is 16.3. The molecule has 1 fully saturated rings. The average Bonchev–Trinajstić information content (AvgIpc) is 2.88. The number of carboxylic acids is 1. The largest absolute Gasteiger partial charge is 0.493 e. The fourth-order valence-electron chi connectivity index (χ4n) is 2.48. The lowest BCUT2D eigenvalue weighted by Crippen LogP contribution is -2.34. The van der Waals surface area contributed by atoms with Gasteiger partial charge < -0.3 is 14.7 Å². The highest BCUT2D eigenvalue weighted by molar-refractivity contribution is 5.80. The van der Waals surface area contributed by atoms with E-state index < -0.39 is 11.4 Å². The highest BCUT2D eigenvalue weighted by Crippen LogP contribution is 2.30. The Hall–Kier alpha value is -2.11. The first-order valence-electron chi connectivity index (χ1n) is 7.30. The topological polar surface area (TPSA) is 66.8 Å². The molecule has 0 spiro atoms. The van der Waals surface area contributed by atoms with Gasteiger partial charge >= 0.3 is 5.97 Å². The van der Waals surface area contributed by atoms with Crippen molar-refractivity contribution in [3.8, 4) is 5.75 Å². The summed E-state index contributed by atoms with van der Waals surface area (Å²) in [7, 11) is 0. The van der Waals surface area contributed by atoms with Crippen LogP contribution in [0.5, 0.6) is 5.75 Å². The third-order valence-electron chi connectivity index (χ3n) is 3.94. The molecule has 1 amide bonds. The molecule has 1 atom stereocenters. The van der Waals surface area contributed by atoms with Crippen molar-refractivity contribution >= 4 is 11.9 Å². The van der Waals surface area contributed by atoms with Gasteiger partial charge in [-0.1, -0.05) is 6.07 Å². The maximum Gasteiger partial charge on any atom is 0.311 e. The molecule has 5 nitrogen and oxygen atoms in total. The number of amides is 1. The van der Waals surface area contributed by atoms with E-state index >= 15 is 0 Å². The number of halogens is 1. The summed E-state index contributed by atoms with van der Waals surface area (Å²) in [6, 6.07) is 5.85. The van der Waals surface area contributed by atoms with Crippen LogP contribution in [0.1, 0.15) is 26.2 Å². The van der Waals surface area contributed by atoms with Crippen LogP contribution in [0, 0.1) is 11.2 Å². The Balaban J connectivity index is 1.71. The number of hydrogen-bond acceptors (Lipinski definition) is 3. The molecule has 0 aliphatic carbocycles. The van der Waals surface area contributed by atoms with E-state index in [0.29, 0.717) is 38.2 Å². The summed E-state index contributed by atoms with van der Waals surface area (Å²) in [6.07, 6.45) is 1.29. The molecule has 0 bridgehead atoms. The smallest absolute Gasteiger partial charge is 0.311 e. The second-order valence-corrected chi connectivity index (χ2v) is 5.84. The molecular weight excluding hydrogens is 289 g/mol. The second-order valence-electron chi connectivity index (χ2n) is 5.84. The molecule has 1 aromatic carbocycles. The number of benzene rings is 1. The van der Waals surface area contributed by atoms with Crippen LogP contribution in [0.4, 0.5) is 4.39 Å². The Bertz CT molecular complexity index is 563. The summed E-state index contributed by atoms with van der Waals surface area (Å²) in [4.78, 5) is 24.8. The minimum absolute atomic E-state index is 0.0622. The zero-order valence-corrected chi connectivity index (χ0v) is 12.5. The van der Waals surface area contributed by atoms with Gasteiger partial charge in [-0.2, -0.15) is 0 Å². The lowest BCUT2D eigenvalue weighted by atomic mass is 9.90. The summed E-state index contributed by atoms with van der Waals surface area (Å²) in [5, 5.41) is 9.15. The molecule has 1 aliphatic rings. The second kappa shape index (κ2) is 6.77. The van der Waals surface area contributed by atoms with Crippen molar-refractivity contribution < 1.29 is 23.8 Å². The molecular formula is C16H20FNO4. The summed E-state index contributed by atoms with van der Waals surface area (Å²) >= 11 is 0. The lowest BCUT2D eigenvalue weighted by molar-refractivity contribution is -0.147. The maximum absolute atomic E-state index is 13.0. The summed E-state index contributed by atoms with van der Waals surface area (Å²) in [6.45, 7) is 2.72. The number of hydrogen-bond donors (Lipinski definition) is 1. The van der Waals surface area contributed by atoms with Crippen LogP contribution < -0.4 is 4.74 Å². The highest BCUT2D eigenvalue weighted by Gasteiger charge is 2.41. The third kappa shape index (κ3) is 3.96. The van der Waals surface area contributed by atoms with Crippen LogP contribution in [0.2, 0.25) is 0 Å². The fourth-order valence-corrected chi connectivity index (χ4v) is 2.48. The van der Waals surface area contributed by atoms with E-state index in [1.807, 2.05) is 0 Å². The number of ether oxygens (including phenoxy) is 1. The van der Waals surface area contributed by atoms with Crippen LogP contribution in [-0.2, 0) is 9.59 Å². The van der Waals surface area contributed by atoms with Crippen molar-refractivity contribution in [2.75, 3.05) is 19.7 Å². The van der Waals surface area contributed by atoms with Gasteiger partial charge in [-0.05, 0) is 31.9 Å². The zero-order chi connectivity index (χ0) is 16.2. The average molecular weight is 309 g/mol. The molecule has 6 heteroatoms. The monoisotopic (exact) mass is 309 g/mol. The number of likely N-dealkylation sites (tertiary alicyclic amines) is 1. The molecule has 22 heavy (non-hydrogen) atoms. The van der Waals surface area contributed by atoms with Crippen molar-refractivity contribution in [2.45, 2.75) is 26.2 Å². The van der Waals surface area contributed by atoms with Crippen molar-refractivity contribution in [2.24, 2.45) is 5.41 Å². The number of carbonyl (C=O) groups is 2. The van der Waals surface area contributed by atoms with Gasteiger partial charge in [0, 0.05) is 25.6 Å². The third-order valence-corrected chi connectivity index (χ3v) is 3.94. The van der Waals surface area contributed by atoms with E-state index in [1.54, 1.807) is 24.0 Å². The minimum Gasteiger partial charge on any atom is -0.493 e. The van der Waals surface area contributed by atoms with Gasteiger partial charge in [0.1, 0.15) is 11.6 Å². The lowest BCUT2D eigenvalue weighted by Gasteiger charge is -2.20. The molecule has 0 aromatic heterocycles. The molecule has 1 aromatic rings. The molecule has 120 valence electrons. The van der Waals surface area contributed by atoms with Crippen molar-refractivity contribution in [3.05, 3.63) is 30.1 Å². The number of carbonyl (C=O) groups excluding carboxylic acids is 1. The Kier molecular flexibility index (Phi) is 5.00. The molecule has 0 radical (unpaired) electrons. The SMILES string of the molecule is C[C@@]1(C(=O)O)CCN(C(=O)CCCOc2cccc(F)c2)C1. The Labute approximate surface area is 128 Å². The van der Waals surface area contributed by atoms with Crippen LogP contribution >= 0.6 is 0 Å². The molecule has 1 N–H and O–H groups in total. The van der Waals surface area contributed by atoms with Crippen molar-refractivity contribution in [3.63, 3.8) is 0 Å². The van der Waals surface area contributed by atoms with Crippen LogP contribution in [-0.4, -0.2) is 41.6 Å². The zero-order valence-electron chi connectivity index (χ0n) is 12.5. The molecule has 1 heterocycles. The number of carboxylic acid groups (broad SMARTS) is 1. The molecule has 0 unspecified atom stereocenters. The fraction of sp³-hybridized carbons (Fsp3) is 0.500. The van der Waals surface area contributed by atoms with E-state index in [1.165, 1.54) is 12.1 Å². The Morgan fingerprint density at radius 1 is 1.45 bits per heavy atom. The van der Waals surface area contributed by atoms with Gasteiger partial charge in [-0.3, -0.25) is 9.59 Å². The van der Waals surface area contributed by atoms with E-state index in [-0.39, 0.29) is 18.3 Å². The molecule has 1 saturated heterocycles. The van der Waals surface area contributed by atoms with Crippen molar-refractivity contribution in [1.29, 1.82) is 0 Å². The maximum atomic E-state index is 13.0. The summed E-state index contributed by atoms with van der Waals surface area (Å²) in [5.74, 6) is -0.851. The van der Waals surface area contributed by atoms with Crippen molar-refractivity contribution in [1.82, 2.24) is 4.90 Å². The van der Waals surface area contributed by atoms with Gasteiger partial charge in [-0.15, -0.1) is 0 Å². The van der Waals surface area contributed by atoms with E-state index in [0.717, 1.165) is 0 Å². The van der Waals surface area contributed by atoms with Crippen LogP contribution in [0.15, 0.2) is 24.3 Å². The summed E-state index contributed by atoms with van der Waals surface area (Å²) < 4.78 is 18.3. The normalized spacial score (nSPS) is 20.9. The first-order chi connectivity index (χ1) is 10.4. The Morgan fingerprint density at radius 2 is 2.23 bits per heavy atom. The molecule has 0 saturated carbocycles. The standard InChI is InChI=1S/C16H20FNO4/c1-16(15(20)21)7-8-18(11-16)14(19)6-3-9-22-13-5-2-4-12(17)10-13/h2,4-5,10H,3,6-9,11H2,1H3,(H,20,21)/t16-/m1/s1. The van der Waals surface area contributed by atoms with E-state index in [2.05, 4.69) is 0 Å². The summed E-state index contributed by atoms with van der Waals surface area (Å²) in [5.41, 5.74) is -0.840. The van der Waals surface area contributed by atoms with Gasteiger partial charge in [0.2, 0.25) is 5.91 Å². The van der Waals surface area contributed by atoms with Crippen LogP contribution in [0.3, 0.4) is 0 Å². The predicted molar refractivity (Wildman–Crippen MR) is 78.1 cm³/mol. The molecule has 2 rings (SSSR count).